The molecule has 3 heteroatoms. The number of nitrogens with zero attached hydrogens (tertiary/aromatic N) is 2. The molecule has 0 saturated carbocycles. The molecule has 2 heterocycles. The first-order valence-electron chi connectivity index (χ1n) is 6.64. The van der Waals surface area contributed by atoms with E-state index in [1.165, 1.54) is 24.9 Å². The van der Waals surface area contributed by atoms with Gasteiger partial charge in [-0.1, -0.05) is 13.0 Å². The van der Waals surface area contributed by atoms with Gasteiger partial charge in [0.05, 0.1) is 0 Å². The van der Waals surface area contributed by atoms with Crippen LogP contribution in [0.25, 0.3) is 0 Å². The lowest BCUT2D eigenvalue weighted by Crippen LogP contribution is -2.21. The Hall–Kier alpha value is -1.09. The van der Waals surface area contributed by atoms with E-state index in [0.717, 1.165) is 12.2 Å². The molecule has 0 bridgehead atoms. The minimum Gasteiger partial charge on any atom is -0.367 e. The van der Waals surface area contributed by atoms with Crippen molar-refractivity contribution in [1.29, 1.82) is 0 Å². The standard InChI is InChI=1S/C14H23N3/c1-4-11(2)16-14-12(7-5-9-15-14)13-8-6-10-17(13)3/h5,7,9,11,13H,4,6,8,10H2,1-3H3,(H,15,16)/t11-,13-/m1/s1. The molecule has 0 aromatic carbocycles. The van der Waals surface area contributed by atoms with E-state index in [1.807, 2.05) is 12.3 Å². The average Bonchev–Trinajstić information content (AvgIpc) is 2.76. The van der Waals surface area contributed by atoms with Crippen LogP contribution in [0.1, 0.15) is 44.7 Å². The van der Waals surface area contributed by atoms with Crippen LogP contribution in [0.5, 0.6) is 0 Å². The van der Waals surface area contributed by atoms with Gasteiger partial charge in [0.2, 0.25) is 0 Å². The summed E-state index contributed by atoms with van der Waals surface area (Å²) >= 11 is 0. The molecule has 1 N–H and O–H groups in total. The van der Waals surface area contributed by atoms with Gasteiger partial charge in [0.1, 0.15) is 5.82 Å². The number of pyridine rings is 1. The monoisotopic (exact) mass is 233 g/mol. The van der Waals surface area contributed by atoms with Crippen LogP contribution in [0.4, 0.5) is 5.82 Å². The number of hydrogen-bond acceptors (Lipinski definition) is 3. The normalized spacial score (nSPS) is 22.6. The fourth-order valence-electron chi connectivity index (χ4n) is 2.45. The summed E-state index contributed by atoms with van der Waals surface area (Å²) in [6, 6.07) is 5.28. The maximum absolute atomic E-state index is 4.51. The van der Waals surface area contributed by atoms with E-state index in [-0.39, 0.29) is 0 Å². The van der Waals surface area contributed by atoms with Gasteiger partial charge in [0.25, 0.3) is 0 Å². The Morgan fingerprint density at radius 1 is 1.59 bits per heavy atom. The highest BCUT2D eigenvalue weighted by Crippen LogP contribution is 2.33. The first-order valence-corrected chi connectivity index (χ1v) is 6.64. The van der Waals surface area contributed by atoms with Crippen LogP contribution in [-0.4, -0.2) is 29.5 Å². The minimum atomic E-state index is 0.482. The summed E-state index contributed by atoms with van der Waals surface area (Å²) in [6.45, 7) is 5.60. The summed E-state index contributed by atoms with van der Waals surface area (Å²) in [5.41, 5.74) is 1.35. The molecule has 1 fully saturated rings. The number of nitrogens with one attached hydrogen (secondary N) is 1. The maximum atomic E-state index is 4.51. The zero-order chi connectivity index (χ0) is 12.3. The molecule has 3 nitrogen and oxygen atoms in total. The van der Waals surface area contributed by atoms with Gasteiger partial charge < -0.3 is 5.32 Å². The summed E-state index contributed by atoms with van der Waals surface area (Å²) in [5, 5.41) is 3.52. The molecule has 17 heavy (non-hydrogen) atoms. The Bertz CT molecular complexity index is 364. The molecule has 0 aliphatic carbocycles. The molecule has 0 unspecified atom stereocenters. The molecule has 1 aliphatic rings. The van der Waals surface area contributed by atoms with E-state index in [9.17, 15) is 0 Å². The number of rotatable bonds is 4. The molecule has 1 saturated heterocycles. The lowest BCUT2D eigenvalue weighted by Gasteiger charge is -2.23. The lowest BCUT2D eigenvalue weighted by molar-refractivity contribution is 0.317. The molecular weight excluding hydrogens is 210 g/mol. The third-order valence-electron chi connectivity index (χ3n) is 3.71. The zero-order valence-electron chi connectivity index (χ0n) is 11.1. The Kier molecular flexibility index (Phi) is 4.00. The second-order valence-electron chi connectivity index (χ2n) is 5.03. The van der Waals surface area contributed by atoms with Crippen molar-refractivity contribution in [3.05, 3.63) is 23.9 Å². The van der Waals surface area contributed by atoms with Gasteiger partial charge in [-0.25, -0.2) is 4.98 Å². The van der Waals surface area contributed by atoms with Gasteiger partial charge in [-0.2, -0.15) is 0 Å². The highest BCUT2D eigenvalue weighted by atomic mass is 15.2. The average molecular weight is 233 g/mol. The topological polar surface area (TPSA) is 28.2 Å². The summed E-state index contributed by atoms with van der Waals surface area (Å²) < 4.78 is 0. The number of aromatic nitrogens is 1. The molecule has 0 amide bonds. The highest BCUT2D eigenvalue weighted by molar-refractivity contribution is 5.46. The third-order valence-corrected chi connectivity index (χ3v) is 3.71. The quantitative estimate of drug-likeness (QED) is 0.866. The van der Waals surface area contributed by atoms with Gasteiger partial charge in [-0.05, 0) is 45.8 Å². The van der Waals surface area contributed by atoms with Crippen LogP contribution in [0, 0.1) is 0 Å². The van der Waals surface area contributed by atoms with Crippen molar-refractivity contribution in [1.82, 2.24) is 9.88 Å². The molecule has 1 aromatic heterocycles. The van der Waals surface area contributed by atoms with Gasteiger partial charge >= 0.3 is 0 Å². The van der Waals surface area contributed by atoms with Crippen LogP contribution < -0.4 is 5.32 Å². The maximum Gasteiger partial charge on any atom is 0.130 e. The van der Waals surface area contributed by atoms with E-state index in [4.69, 9.17) is 0 Å². The first-order chi connectivity index (χ1) is 8.22. The number of anilines is 1. The number of likely N-dealkylation sites (tertiary alicyclic amines) is 1. The largest absolute Gasteiger partial charge is 0.367 e. The minimum absolute atomic E-state index is 0.482. The second-order valence-corrected chi connectivity index (χ2v) is 5.03. The van der Waals surface area contributed by atoms with Crippen LogP contribution in [0.3, 0.4) is 0 Å². The van der Waals surface area contributed by atoms with Gasteiger partial charge in [-0.3, -0.25) is 4.90 Å². The highest BCUT2D eigenvalue weighted by Gasteiger charge is 2.25. The Labute approximate surface area is 104 Å². The van der Waals surface area contributed by atoms with Crippen LogP contribution >= 0.6 is 0 Å². The summed E-state index contributed by atoms with van der Waals surface area (Å²) in [6.07, 6.45) is 5.54. The third kappa shape index (κ3) is 2.78. The number of hydrogen-bond donors (Lipinski definition) is 1. The molecule has 2 rings (SSSR count). The predicted octanol–water partition coefficient (Wildman–Crippen LogP) is 3.06. The molecule has 2 atom stereocenters. The second kappa shape index (κ2) is 5.50. The Morgan fingerprint density at radius 3 is 3.06 bits per heavy atom. The van der Waals surface area contributed by atoms with Crippen molar-refractivity contribution in [3.63, 3.8) is 0 Å². The first kappa shape index (κ1) is 12.4. The zero-order valence-corrected chi connectivity index (χ0v) is 11.1. The summed E-state index contributed by atoms with van der Waals surface area (Å²) in [5.74, 6) is 1.07. The van der Waals surface area contributed by atoms with Crippen molar-refractivity contribution in [2.75, 3.05) is 18.9 Å². The van der Waals surface area contributed by atoms with Crippen molar-refractivity contribution in [3.8, 4) is 0 Å². The smallest absolute Gasteiger partial charge is 0.130 e. The van der Waals surface area contributed by atoms with Gasteiger partial charge in [0, 0.05) is 23.8 Å². The van der Waals surface area contributed by atoms with Crippen molar-refractivity contribution in [2.24, 2.45) is 0 Å². The SMILES string of the molecule is CC[C@@H](C)Nc1ncccc1[C@H]1CCCN1C. The van der Waals surface area contributed by atoms with Crippen molar-refractivity contribution in [2.45, 2.75) is 45.2 Å². The van der Waals surface area contributed by atoms with Crippen LogP contribution in [-0.2, 0) is 0 Å². The van der Waals surface area contributed by atoms with E-state index >= 15 is 0 Å². The van der Waals surface area contributed by atoms with Crippen LogP contribution in [0.2, 0.25) is 0 Å². The Morgan fingerprint density at radius 2 is 2.41 bits per heavy atom. The van der Waals surface area contributed by atoms with Crippen molar-refractivity contribution >= 4 is 5.82 Å². The van der Waals surface area contributed by atoms with E-state index < -0.39 is 0 Å². The molecule has 1 aromatic rings. The van der Waals surface area contributed by atoms with E-state index in [1.54, 1.807) is 0 Å². The molecular formula is C14H23N3. The van der Waals surface area contributed by atoms with Gasteiger partial charge in [0.15, 0.2) is 0 Å². The lowest BCUT2D eigenvalue weighted by atomic mass is 10.1. The van der Waals surface area contributed by atoms with Crippen LogP contribution in [0.15, 0.2) is 18.3 Å². The molecule has 0 spiro atoms. The molecule has 94 valence electrons. The van der Waals surface area contributed by atoms with Gasteiger partial charge in [-0.15, -0.1) is 0 Å². The summed E-state index contributed by atoms with van der Waals surface area (Å²) in [7, 11) is 2.21. The van der Waals surface area contributed by atoms with Crippen molar-refractivity contribution < 1.29 is 0 Å². The fraction of sp³-hybridized carbons (Fsp3) is 0.643. The fourth-order valence-corrected chi connectivity index (χ4v) is 2.45. The molecule has 0 radical (unpaired) electrons. The summed E-state index contributed by atoms with van der Waals surface area (Å²) in [4.78, 5) is 6.94. The predicted molar refractivity (Wildman–Crippen MR) is 72.2 cm³/mol. The van der Waals surface area contributed by atoms with E-state index in [2.05, 4.69) is 42.2 Å². The Balaban J connectivity index is 2.21. The van der Waals surface area contributed by atoms with E-state index in [0.29, 0.717) is 12.1 Å². The molecule has 1 aliphatic heterocycles.